The first-order valence-electron chi connectivity index (χ1n) is 11.2. The molecular formula is C29H26N2O2. The number of hydroxylamine groups is 2. The summed E-state index contributed by atoms with van der Waals surface area (Å²) in [5.74, 6) is -0.0573. The average molecular weight is 435 g/mol. The van der Waals surface area contributed by atoms with Crippen molar-refractivity contribution in [3.05, 3.63) is 144 Å². The van der Waals surface area contributed by atoms with Crippen LogP contribution in [0, 0.1) is 0 Å². The molecule has 5 rings (SSSR count). The molecule has 1 aliphatic heterocycles. The van der Waals surface area contributed by atoms with Gasteiger partial charge in [-0.2, -0.15) is 0 Å². The summed E-state index contributed by atoms with van der Waals surface area (Å²) in [6.45, 7) is 0.862. The van der Waals surface area contributed by atoms with Gasteiger partial charge in [-0.1, -0.05) is 121 Å². The summed E-state index contributed by atoms with van der Waals surface area (Å²) in [4.78, 5) is 18.9. The van der Waals surface area contributed by atoms with Gasteiger partial charge in [0, 0.05) is 0 Å². The number of benzene rings is 4. The fraction of sp³-hybridized carbons (Fsp3) is 0.138. The van der Waals surface area contributed by atoms with Gasteiger partial charge in [-0.15, -0.1) is 0 Å². The second-order valence-electron chi connectivity index (χ2n) is 8.20. The minimum Gasteiger partial charge on any atom is -0.287 e. The number of carbonyl (C=O) groups is 1. The number of amides is 1. The van der Waals surface area contributed by atoms with Crippen LogP contribution in [0.5, 0.6) is 0 Å². The molecule has 1 heterocycles. The van der Waals surface area contributed by atoms with Gasteiger partial charge in [-0.05, 0) is 22.3 Å². The Morgan fingerprint density at radius 2 is 1.12 bits per heavy atom. The maximum atomic E-state index is 13.1. The molecular weight excluding hydrogens is 408 g/mol. The lowest BCUT2D eigenvalue weighted by Gasteiger charge is -2.45. The van der Waals surface area contributed by atoms with Crippen LogP contribution in [0.1, 0.15) is 22.3 Å². The molecule has 4 nitrogen and oxygen atoms in total. The molecule has 4 heteroatoms. The van der Waals surface area contributed by atoms with E-state index in [4.69, 9.17) is 4.84 Å². The summed E-state index contributed by atoms with van der Waals surface area (Å²) in [5.41, 5.74) is 3.61. The van der Waals surface area contributed by atoms with Crippen LogP contribution in [-0.4, -0.2) is 23.6 Å². The van der Waals surface area contributed by atoms with Gasteiger partial charge >= 0.3 is 0 Å². The highest BCUT2D eigenvalue weighted by Crippen LogP contribution is 2.38. The quantitative estimate of drug-likeness (QED) is 0.316. The molecule has 33 heavy (non-hydrogen) atoms. The highest BCUT2D eigenvalue weighted by Gasteiger charge is 2.46. The van der Waals surface area contributed by atoms with E-state index in [1.54, 1.807) is 0 Å². The third-order valence-electron chi connectivity index (χ3n) is 6.13. The summed E-state index contributed by atoms with van der Waals surface area (Å²) < 4.78 is 0. The zero-order valence-corrected chi connectivity index (χ0v) is 18.3. The maximum Gasteiger partial charge on any atom is 0.265 e. The Hall–Kier alpha value is -3.73. The Kier molecular flexibility index (Phi) is 6.03. The Balaban J connectivity index is 1.45. The third kappa shape index (κ3) is 4.19. The molecule has 1 amide bonds. The second-order valence-corrected chi connectivity index (χ2v) is 8.20. The molecule has 164 valence electrons. The number of β-lactam (4-membered cyclic amide) rings is 1. The van der Waals surface area contributed by atoms with E-state index in [1.807, 2.05) is 84.9 Å². The van der Waals surface area contributed by atoms with E-state index in [-0.39, 0.29) is 11.9 Å². The first-order valence-corrected chi connectivity index (χ1v) is 11.2. The second kappa shape index (κ2) is 9.41. The van der Waals surface area contributed by atoms with Gasteiger partial charge < -0.3 is 0 Å². The first kappa shape index (κ1) is 21.1. The van der Waals surface area contributed by atoms with Gasteiger partial charge in [0.25, 0.3) is 5.91 Å². The minimum absolute atomic E-state index is 0.0573. The van der Waals surface area contributed by atoms with Gasteiger partial charge in [0.05, 0.1) is 12.1 Å². The van der Waals surface area contributed by atoms with Gasteiger partial charge in [0.15, 0.2) is 0 Å². The van der Waals surface area contributed by atoms with Crippen LogP contribution in [-0.2, 0) is 21.8 Å². The predicted octanol–water partition coefficient (Wildman–Crippen LogP) is 4.91. The highest BCUT2D eigenvalue weighted by molar-refractivity contribution is 5.87. The van der Waals surface area contributed by atoms with E-state index in [9.17, 15) is 4.79 Å². The van der Waals surface area contributed by atoms with Crippen molar-refractivity contribution in [2.45, 2.75) is 18.2 Å². The topological polar surface area (TPSA) is 41.6 Å². The number of carbonyl (C=O) groups excluding carboxylic acids is 1. The van der Waals surface area contributed by atoms with Crippen molar-refractivity contribution in [3.63, 3.8) is 0 Å². The smallest absolute Gasteiger partial charge is 0.265 e. The SMILES string of the molecule is O=C1C(NC(c2ccccc2)(c2ccccc2)c2ccccc2)CN1OCc1ccccc1. The van der Waals surface area contributed by atoms with E-state index in [1.165, 1.54) is 5.06 Å². The summed E-state index contributed by atoms with van der Waals surface area (Å²) in [6.07, 6.45) is 0. The van der Waals surface area contributed by atoms with Crippen LogP contribution in [0.2, 0.25) is 0 Å². The minimum atomic E-state index is -0.671. The van der Waals surface area contributed by atoms with Crippen LogP contribution in [0.4, 0.5) is 0 Å². The number of hydrogen-bond acceptors (Lipinski definition) is 3. The fourth-order valence-corrected chi connectivity index (χ4v) is 4.42. The standard InChI is InChI=1S/C29H26N2O2/c32-28-27(21-31(28)33-22-23-13-5-1-6-14-23)30-29(24-15-7-2-8-16-24,25-17-9-3-10-18-25)26-19-11-4-12-20-26/h1-20,27,30H,21-22H2. The molecule has 1 atom stereocenters. The zero-order chi connectivity index (χ0) is 22.5. The van der Waals surface area contributed by atoms with Gasteiger partial charge in [0.2, 0.25) is 0 Å². The fourth-order valence-electron chi connectivity index (χ4n) is 4.42. The Morgan fingerprint density at radius 3 is 1.55 bits per heavy atom. The van der Waals surface area contributed by atoms with Crippen molar-refractivity contribution >= 4 is 5.91 Å². The molecule has 1 aliphatic rings. The van der Waals surface area contributed by atoms with Crippen LogP contribution in [0.25, 0.3) is 0 Å². The number of nitrogens with one attached hydrogen (secondary N) is 1. The van der Waals surface area contributed by atoms with Crippen LogP contribution in [0.15, 0.2) is 121 Å². The molecule has 1 fully saturated rings. The summed E-state index contributed by atoms with van der Waals surface area (Å²) >= 11 is 0. The molecule has 0 spiro atoms. The predicted molar refractivity (Wildman–Crippen MR) is 129 cm³/mol. The van der Waals surface area contributed by atoms with Gasteiger partial charge in [0.1, 0.15) is 12.6 Å². The van der Waals surface area contributed by atoms with Crippen molar-refractivity contribution in [2.24, 2.45) is 0 Å². The monoisotopic (exact) mass is 434 g/mol. The average Bonchev–Trinajstić information content (AvgIpc) is 2.90. The van der Waals surface area contributed by atoms with Crippen LogP contribution >= 0.6 is 0 Å². The zero-order valence-electron chi connectivity index (χ0n) is 18.3. The molecule has 0 saturated carbocycles. The molecule has 0 aliphatic carbocycles. The summed E-state index contributed by atoms with van der Waals surface area (Å²) in [7, 11) is 0. The molecule has 1 N–H and O–H groups in total. The highest BCUT2D eigenvalue weighted by atomic mass is 16.7. The molecule has 1 saturated heterocycles. The van der Waals surface area contributed by atoms with E-state index in [0.29, 0.717) is 13.2 Å². The van der Waals surface area contributed by atoms with Crippen molar-refractivity contribution in [1.29, 1.82) is 0 Å². The van der Waals surface area contributed by atoms with Crippen molar-refractivity contribution in [3.8, 4) is 0 Å². The number of nitrogens with zero attached hydrogens (tertiary/aromatic N) is 1. The third-order valence-corrected chi connectivity index (χ3v) is 6.13. The lowest BCUT2D eigenvalue weighted by Crippen LogP contribution is -2.66. The van der Waals surface area contributed by atoms with Crippen LogP contribution < -0.4 is 5.32 Å². The lowest BCUT2D eigenvalue weighted by molar-refractivity contribution is -0.220. The number of hydrogen-bond donors (Lipinski definition) is 1. The lowest BCUT2D eigenvalue weighted by atomic mass is 9.76. The number of rotatable bonds is 8. The Morgan fingerprint density at radius 1 is 0.697 bits per heavy atom. The maximum absolute atomic E-state index is 13.1. The van der Waals surface area contributed by atoms with Crippen LogP contribution in [0.3, 0.4) is 0 Å². The Bertz CT molecular complexity index is 1080. The van der Waals surface area contributed by atoms with Crippen molar-refractivity contribution < 1.29 is 9.63 Å². The van der Waals surface area contributed by atoms with Gasteiger partial charge in [-0.3, -0.25) is 14.9 Å². The van der Waals surface area contributed by atoms with Crippen molar-refractivity contribution in [1.82, 2.24) is 10.4 Å². The normalized spacial score (nSPS) is 15.8. The van der Waals surface area contributed by atoms with E-state index in [2.05, 4.69) is 41.7 Å². The molecule has 4 aromatic rings. The molecule has 1 unspecified atom stereocenters. The summed E-state index contributed by atoms with van der Waals surface area (Å²) in [5, 5.41) is 5.18. The van der Waals surface area contributed by atoms with E-state index >= 15 is 0 Å². The largest absolute Gasteiger partial charge is 0.287 e. The Labute approximate surface area is 194 Å². The molecule has 0 aromatic heterocycles. The molecule has 4 aromatic carbocycles. The van der Waals surface area contributed by atoms with E-state index < -0.39 is 5.54 Å². The summed E-state index contributed by atoms with van der Waals surface area (Å²) in [6, 6.07) is 40.4. The van der Waals surface area contributed by atoms with E-state index in [0.717, 1.165) is 22.3 Å². The molecule has 0 bridgehead atoms. The first-order chi connectivity index (χ1) is 16.3. The van der Waals surface area contributed by atoms with Crippen molar-refractivity contribution in [2.75, 3.05) is 6.54 Å². The molecule has 0 radical (unpaired) electrons. The van der Waals surface area contributed by atoms with Gasteiger partial charge in [-0.25, -0.2) is 5.06 Å².